The Labute approximate surface area is 111 Å². The summed E-state index contributed by atoms with van der Waals surface area (Å²) in [5, 5.41) is 10.2. The van der Waals surface area contributed by atoms with Gasteiger partial charge in [0.1, 0.15) is 5.60 Å². The fourth-order valence-corrected chi connectivity index (χ4v) is 3.88. The van der Waals surface area contributed by atoms with Gasteiger partial charge in [0, 0.05) is 10.6 Å². The first-order valence-electron chi connectivity index (χ1n) is 6.45. The van der Waals surface area contributed by atoms with Crippen molar-refractivity contribution in [1.82, 2.24) is 0 Å². The lowest BCUT2D eigenvalue weighted by Gasteiger charge is -2.46. The third-order valence-electron chi connectivity index (χ3n) is 3.84. The van der Waals surface area contributed by atoms with Crippen LogP contribution in [0.2, 0.25) is 0 Å². The van der Waals surface area contributed by atoms with Crippen LogP contribution >= 0.6 is 11.8 Å². The SMILES string of the molecule is OC1CCC2COOC1(CSc1ccccc1)C2. The van der Waals surface area contributed by atoms with Gasteiger partial charge in [-0.15, -0.1) is 11.8 Å². The molecule has 0 amide bonds. The van der Waals surface area contributed by atoms with Gasteiger partial charge in [-0.25, -0.2) is 9.78 Å². The number of aliphatic hydroxyl groups is 1. The van der Waals surface area contributed by atoms with Crippen molar-refractivity contribution in [3.8, 4) is 0 Å². The molecule has 3 unspecified atom stereocenters. The third kappa shape index (κ3) is 2.43. The highest BCUT2D eigenvalue weighted by molar-refractivity contribution is 7.99. The van der Waals surface area contributed by atoms with Crippen LogP contribution in [0.4, 0.5) is 0 Å². The summed E-state index contributed by atoms with van der Waals surface area (Å²) in [6.45, 7) is 0.671. The summed E-state index contributed by atoms with van der Waals surface area (Å²) >= 11 is 1.73. The van der Waals surface area contributed by atoms with Gasteiger partial charge in [0.15, 0.2) is 0 Å². The monoisotopic (exact) mass is 266 g/mol. The summed E-state index contributed by atoms with van der Waals surface area (Å²) in [5.41, 5.74) is -0.512. The van der Waals surface area contributed by atoms with Gasteiger partial charge in [-0.1, -0.05) is 18.2 Å². The highest BCUT2D eigenvalue weighted by atomic mass is 32.2. The molecule has 1 saturated carbocycles. The van der Waals surface area contributed by atoms with Crippen LogP contribution in [0.5, 0.6) is 0 Å². The van der Waals surface area contributed by atoms with E-state index in [-0.39, 0.29) is 0 Å². The van der Waals surface area contributed by atoms with Crippen LogP contribution < -0.4 is 0 Å². The van der Waals surface area contributed by atoms with Crippen molar-refractivity contribution < 1.29 is 14.9 Å². The van der Waals surface area contributed by atoms with Gasteiger partial charge < -0.3 is 5.11 Å². The normalized spacial score (nSPS) is 35.4. The minimum absolute atomic E-state index is 0.412. The Morgan fingerprint density at radius 2 is 2.11 bits per heavy atom. The van der Waals surface area contributed by atoms with Gasteiger partial charge >= 0.3 is 0 Å². The number of aliphatic hydroxyl groups excluding tert-OH is 1. The van der Waals surface area contributed by atoms with E-state index in [1.54, 1.807) is 11.8 Å². The number of hydrogen-bond acceptors (Lipinski definition) is 4. The highest BCUT2D eigenvalue weighted by Crippen LogP contribution is 2.42. The molecule has 1 heterocycles. The largest absolute Gasteiger partial charge is 0.390 e. The van der Waals surface area contributed by atoms with Crippen molar-refractivity contribution >= 4 is 11.8 Å². The minimum Gasteiger partial charge on any atom is -0.390 e. The summed E-state index contributed by atoms with van der Waals surface area (Å²) in [4.78, 5) is 11.9. The van der Waals surface area contributed by atoms with E-state index in [0.717, 1.165) is 25.0 Å². The second-order valence-corrected chi connectivity index (χ2v) is 6.25. The molecule has 1 aromatic rings. The third-order valence-corrected chi connectivity index (χ3v) is 5.08. The number of thioether (sulfide) groups is 1. The first kappa shape index (κ1) is 12.5. The van der Waals surface area contributed by atoms with E-state index >= 15 is 0 Å². The molecule has 0 aromatic heterocycles. The van der Waals surface area contributed by atoms with Gasteiger partial charge in [0.05, 0.1) is 12.7 Å². The van der Waals surface area contributed by atoms with Crippen molar-refractivity contribution in [2.75, 3.05) is 12.4 Å². The van der Waals surface area contributed by atoms with E-state index in [2.05, 4.69) is 12.1 Å². The van der Waals surface area contributed by atoms with Crippen LogP contribution in [0.15, 0.2) is 35.2 Å². The maximum Gasteiger partial charge on any atom is 0.139 e. The molecule has 2 fully saturated rings. The number of hydrogen-bond donors (Lipinski definition) is 1. The zero-order chi connectivity index (χ0) is 12.4. The van der Waals surface area contributed by atoms with Crippen LogP contribution in [0.1, 0.15) is 19.3 Å². The van der Waals surface area contributed by atoms with Crippen molar-refractivity contribution in [2.45, 2.75) is 35.9 Å². The number of rotatable bonds is 3. The maximum absolute atomic E-state index is 10.2. The van der Waals surface area contributed by atoms with Crippen LogP contribution in [-0.4, -0.2) is 29.2 Å². The molecule has 3 atom stereocenters. The second kappa shape index (κ2) is 5.21. The Bertz CT molecular complexity index is 397. The quantitative estimate of drug-likeness (QED) is 0.674. The standard InChI is InChI=1S/C14H18O3S/c15-13-7-6-11-8-14(13,17-16-9-11)10-18-12-4-2-1-3-5-12/h1-5,11,13,15H,6-10H2. The van der Waals surface area contributed by atoms with Gasteiger partial charge in [-0.3, -0.25) is 0 Å². The van der Waals surface area contributed by atoms with Crippen LogP contribution in [-0.2, 0) is 9.78 Å². The zero-order valence-electron chi connectivity index (χ0n) is 10.2. The van der Waals surface area contributed by atoms with E-state index in [1.165, 1.54) is 4.90 Å². The first-order chi connectivity index (χ1) is 8.78. The topological polar surface area (TPSA) is 38.7 Å². The van der Waals surface area contributed by atoms with E-state index in [9.17, 15) is 5.11 Å². The predicted molar refractivity (Wildman–Crippen MR) is 70.3 cm³/mol. The smallest absolute Gasteiger partial charge is 0.139 e. The van der Waals surface area contributed by atoms with Gasteiger partial charge in [0.25, 0.3) is 0 Å². The Balaban J connectivity index is 1.69. The first-order valence-corrected chi connectivity index (χ1v) is 7.44. The van der Waals surface area contributed by atoms with Gasteiger partial charge in [0.2, 0.25) is 0 Å². The molecule has 4 heteroatoms. The maximum atomic E-state index is 10.2. The Hall–Kier alpha value is -0.550. The molecular weight excluding hydrogens is 248 g/mol. The fourth-order valence-electron chi connectivity index (χ4n) is 2.76. The summed E-state index contributed by atoms with van der Waals surface area (Å²) in [7, 11) is 0. The average Bonchev–Trinajstić information content (AvgIpc) is 2.43. The summed E-state index contributed by atoms with van der Waals surface area (Å²) in [6, 6.07) is 10.2. The van der Waals surface area contributed by atoms with Gasteiger partial charge in [-0.05, 0) is 37.3 Å². The summed E-state index contributed by atoms with van der Waals surface area (Å²) < 4.78 is 0. The van der Waals surface area contributed by atoms with E-state index in [1.807, 2.05) is 18.2 Å². The lowest BCUT2D eigenvalue weighted by molar-refractivity contribution is -0.412. The molecule has 2 aliphatic rings. The van der Waals surface area contributed by atoms with Crippen molar-refractivity contribution in [3.63, 3.8) is 0 Å². The summed E-state index contributed by atoms with van der Waals surface area (Å²) in [5.74, 6) is 1.29. The molecule has 0 radical (unpaired) electrons. The van der Waals surface area contributed by atoms with Crippen molar-refractivity contribution in [3.05, 3.63) is 30.3 Å². The van der Waals surface area contributed by atoms with Crippen molar-refractivity contribution in [2.24, 2.45) is 5.92 Å². The molecule has 3 rings (SSSR count). The molecular formula is C14H18O3S. The Kier molecular flexibility index (Phi) is 3.61. The van der Waals surface area contributed by atoms with Crippen LogP contribution in [0.3, 0.4) is 0 Å². The van der Waals surface area contributed by atoms with Gasteiger partial charge in [-0.2, -0.15) is 0 Å². The fraction of sp³-hybridized carbons (Fsp3) is 0.571. The van der Waals surface area contributed by atoms with E-state index in [4.69, 9.17) is 9.78 Å². The molecule has 3 nitrogen and oxygen atoms in total. The molecule has 1 aliphatic heterocycles. The lowest BCUT2D eigenvalue weighted by atomic mass is 9.77. The predicted octanol–water partition coefficient (Wildman–Crippen LogP) is 2.64. The molecule has 18 heavy (non-hydrogen) atoms. The number of fused-ring (bicyclic) bond motifs is 2. The van der Waals surface area contributed by atoms with Crippen LogP contribution in [0, 0.1) is 5.92 Å². The van der Waals surface area contributed by atoms with E-state index < -0.39 is 11.7 Å². The van der Waals surface area contributed by atoms with Crippen molar-refractivity contribution in [1.29, 1.82) is 0 Å². The zero-order valence-corrected chi connectivity index (χ0v) is 11.1. The molecule has 98 valence electrons. The highest BCUT2D eigenvalue weighted by Gasteiger charge is 2.48. The Morgan fingerprint density at radius 1 is 1.28 bits per heavy atom. The molecule has 1 N–H and O–H groups in total. The second-order valence-electron chi connectivity index (χ2n) is 5.20. The molecule has 1 aromatic carbocycles. The molecule has 1 aliphatic carbocycles. The minimum atomic E-state index is -0.512. The Morgan fingerprint density at radius 3 is 2.94 bits per heavy atom. The molecule has 1 saturated heterocycles. The van der Waals surface area contributed by atoms with Crippen LogP contribution in [0.25, 0.3) is 0 Å². The summed E-state index contributed by atoms with van der Waals surface area (Å²) in [6.07, 6.45) is 2.37. The van der Waals surface area contributed by atoms with E-state index in [0.29, 0.717) is 12.5 Å². The number of benzene rings is 1. The lowest BCUT2D eigenvalue weighted by Crippen LogP contribution is -2.55. The average molecular weight is 266 g/mol. The molecule has 2 bridgehead atoms. The molecule has 0 spiro atoms.